The van der Waals surface area contributed by atoms with Gasteiger partial charge in [0, 0.05) is 30.4 Å². The second kappa shape index (κ2) is 17.3. The van der Waals surface area contributed by atoms with E-state index in [-0.39, 0.29) is 66.1 Å². The van der Waals surface area contributed by atoms with E-state index >= 15 is 0 Å². The van der Waals surface area contributed by atoms with E-state index in [1.54, 1.807) is 9.03 Å². The Morgan fingerprint density at radius 1 is 0.755 bits per heavy atom. The van der Waals surface area contributed by atoms with E-state index < -0.39 is 25.4 Å². The molecule has 0 unspecified atom stereocenters. The number of pyridine rings is 2. The van der Waals surface area contributed by atoms with E-state index in [2.05, 4.69) is 48.1 Å². The Labute approximate surface area is 343 Å². The van der Waals surface area contributed by atoms with Crippen molar-refractivity contribution in [2.24, 2.45) is 11.8 Å². The molecule has 2 aliphatic heterocycles. The second-order valence-electron chi connectivity index (χ2n) is 14.9. The molecule has 2 saturated carbocycles. The monoisotopic (exact) mass is 901 g/mol. The number of fused-ring (bicyclic) bond motifs is 2. The molecule has 287 valence electrons. The number of hydrogen-bond acceptors (Lipinski definition) is 11. The quantitative estimate of drug-likeness (QED) is 0.122. The van der Waals surface area contributed by atoms with Gasteiger partial charge in [0.15, 0.2) is 11.3 Å². The van der Waals surface area contributed by atoms with Gasteiger partial charge in [0.2, 0.25) is 23.0 Å². The van der Waals surface area contributed by atoms with Gasteiger partial charge >= 0.3 is 14.2 Å². The van der Waals surface area contributed by atoms with Crippen LogP contribution in [0.15, 0.2) is 36.4 Å². The van der Waals surface area contributed by atoms with Crippen molar-refractivity contribution in [2.45, 2.75) is 111 Å². The summed E-state index contributed by atoms with van der Waals surface area (Å²) >= 11 is 7.19. The molecular weight excluding hydrogens is 851 g/mol. The van der Waals surface area contributed by atoms with Gasteiger partial charge in [-0.05, 0) is 122 Å². The van der Waals surface area contributed by atoms with Crippen LogP contribution < -0.4 is 22.2 Å². The van der Waals surface area contributed by atoms with Crippen molar-refractivity contribution in [3.63, 3.8) is 0 Å². The first-order chi connectivity index (χ1) is 23.9. The van der Waals surface area contributed by atoms with Crippen LogP contribution in [-0.2, 0) is 46.8 Å². The number of aromatic nitrogens is 6. The Kier molecular flexibility index (Phi) is 14.7. The summed E-state index contributed by atoms with van der Waals surface area (Å²) in [5, 5.41) is 11.2. The number of nitrogens with one attached hydrogen (secondary N) is 1. The first-order valence-electron chi connectivity index (χ1n) is 16.9. The van der Waals surface area contributed by atoms with Gasteiger partial charge in [-0.15, -0.1) is 10.2 Å². The Balaban J connectivity index is 0.000000233. The summed E-state index contributed by atoms with van der Waals surface area (Å²) < 4.78 is 27.6. The molecule has 2 aliphatic carbocycles. The SMILES string of the molecule is C.CC1(C)OB(c2cccc3nc(N)nn23)OC1(C)C.CC1(C)OB(c2cccc3nc(NC(=O)C4CC4)nn23)OC1(C)C.CI.O=C(Cl)C1CC1.[V]. The molecular formula is C34H50B2ClIN8O6V. The number of anilines is 2. The molecule has 2 saturated heterocycles. The van der Waals surface area contributed by atoms with Crippen LogP contribution in [0.5, 0.6) is 0 Å². The molecule has 4 aliphatic rings. The van der Waals surface area contributed by atoms with Crippen LogP contribution in [0, 0.1) is 11.8 Å². The molecule has 0 bridgehead atoms. The molecule has 1 amide bonds. The number of halogens is 2. The third-order valence-electron chi connectivity index (χ3n) is 9.87. The third kappa shape index (κ3) is 10.1. The van der Waals surface area contributed by atoms with Crippen LogP contribution >= 0.6 is 34.2 Å². The molecule has 6 heterocycles. The Bertz CT molecular complexity index is 1870. The third-order valence-corrected chi connectivity index (χ3v) is 10.2. The first kappa shape index (κ1) is 45.1. The maximum Gasteiger partial charge on any atom is 0.514 e. The molecule has 3 N–H and O–H groups in total. The summed E-state index contributed by atoms with van der Waals surface area (Å²) in [5.41, 5.74) is 6.90. The molecule has 53 heavy (non-hydrogen) atoms. The molecule has 4 aromatic heterocycles. The number of amides is 1. The minimum absolute atomic E-state index is 0. The number of carbonyl (C=O) groups excluding carboxylic acids is 2. The van der Waals surface area contributed by atoms with Crippen molar-refractivity contribution < 1.29 is 46.8 Å². The van der Waals surface area contributed by atoms with Crippen LogP contribution in [-0.4, -0.2) is 81.9 Å². The summed E-state index contributed by atoms with van der Waals surface area (Å²) in [6, 6.07) is 11.3. The number of rotatable bonds is 5. The van der Waals surface area contributed by atoms with E-state index in [0.29, 0.717) is 17.2 Å². The van der Waals surface area contributed by atoms with Gasteiger partial charge < -0.3 is 24.4 Å². The van der Waals surface area contributed by atoms with E-state index in [4.69, 9.17) is 36.0 Å². The zero-order chi connectivity index (χ0) is 37.5. The Morgan fingerprint density at radius 3 is 1.53 bits per heavy atom. The minimum Gasteiger partial charge on any atom is -0.398 e. The predicted molar refractivity (Wildman–Crippen MR) is 213 cm³/mol. The Hall–Kier alpha value is -2.25. The molecule has 8 rings (SSSR count). The number of nitrogens with zero attached hydrogens (tertiary/aromatic N) is 6. The Morgan fingerprint density at radius 2 is 1.15 bits per heavy atom. The van der Waals surface area contributed by atoms with Crippen molar-refractivity contribution in [3.05, 3.63) is 36.4 Å². The van der Waals surface area contributed by atoms with Crippen LogP contribution in [0.2, 0.25) is 0 Å². The van der Waals surface area contributed by atoms with Crippen molar-refractivity contribution in [1.29, 1.82) is 0 Å². The summed E-state index contributed by atoms with van der Waals surface area (Å²) in [6.07, 6.45) is 3.92. The van der Waals surface area contributed by atoms with Gasteiger partial charge in [0.1, 0.15) is 0 Å². The van der Waals surface area contributed by atoms with Gasteiger partial charge in [-0.3, -0.25) is 14.9 Å². The van der Waals surface area contributed by atoms with Gasteiger partial charge in [-0.25, -0.2) is 9.03 Å². The van der Waals surface area contributed by atoms with E-state index in [0.717, 1.165) is 36.9 Å². The smallest absolute Gasteiger partial charge is 0.398 e. The van der Waals surface area contributed by atoms with Crippen molar-refractivity contribution in [3.8, 4) is 0 Å². The largest absolute Gasteiger partial charge is 0.514 e. The molecule has 0 atom stereocenters. The fraction of sp³-hybridized carbons (Fsp3) is 0.588. The average molecular weight is 902 g/mol. The zero-order valence-electron chi connectivity index (χ0n) is 31.0. The number of carbonyl (C=O) groups is 2. The molecule has 0 aromatic carbocycles. The fourth-order valence-electron chi connectivity index (χ4n) is 5.07. The second-order valence-corrected chi connectivity index (χ2v) is 15.2. The van der Waals surface area contributed by atoms with E-state index in [1.165, 1.54) is 0 Å². The molecule has 1 radical (unpaired) electrons. The van der Waals surface area contributed by atoms with Gasteiger partial charge in [0.25, 0.3) is 0 Å². The molecule has 19 heteroatoms. The van der Waals surface area contributed by atoms with Crippen molar-refractivity contribution in [1.82, 2.24) is 29.2 Å². The van der Waals surface area contributed by atoms with Crippen molar-refractivity contribution >= 4 is 94.0 Å². The van der Waals surface area contributed by atoms with Crippen LogP contribution in [0.3, 0.4) is 0 Å². The maximum atomic E-state index is 11.9. The summed E-state index contributed by atoms with van der Waals surface area (Å²) in [6.45, 7) is 16.1. The van der Waals surface area contributed by atoms with Crippen LogP contribution in [0.25, 0.3) is 11.3 Å². The number of nitrogens with two attached hydrogens (primary N) is 1. The minimum atomic E-state index is -0.535. The van der Waals surface area contributed by atoms with Crippen molar-refractivity contribution in [2.75, 3.05) is 16.0 Å². The summed E-state index contributed by atoms with van der Waals surface area (Å²) in [7, 11) is -1.01. The topological polar surface area (TPSA) is 169 Å². The zero-order valence-corrected chi connectivity index (χ0v) is 35.3. The first-order valence-corrected chi connectivity index (χ1v) is 19.5. The van der Waals surface area contributed by atoms with Gasteiger partial charge in [0.05, 0.1) is 33.6 Å². The normalized spacial score (nSPS) is 20.1. The van der Waals surface area contributed by atoms with Gasteiger partial charge in [-0.1, -0.05) is 42.2 Å². The molecule has 0 spiro atoms. The van der Waals surface area contributed by atoms with E-state index in [1.807, 2.05) is 96.7 Å². The van der Waals surface area contributed by atoms with Gasteiger partial charge in [-0.2, -0.15) is 9.97 Å². The molecule has 4 aromatic rings. The number of hydrogen-bond donors (Lipinski definition) is 2. The average Bonchev–Trinajstić information content (AvgIpc) is 3.96. The number of alkyl halides is 1. The summed E-state index contributed by atoms with van der Waals surface area (Å²) in [5.74, 6) is 0.883. The fourth-order valence-corrected chi connectivity index (χ4v) is 5.29. The standard InChI is InChI=1S/C16H21BN4O3.C12H17BN4O2.C4H5ClO.CH3I.CH4.V/c1-15(2)16(3,4)24-17(23-15)11-6-5-7-12-18-14(20-21(11)12)19-13(22)10-8-9-10;1-11(2)12(3,4)19-13(18-11)8-6-5-7-9-15-10(14)16-17(8)9;5-4(6)3-1-2-3;1-2;;/h5-7,10H,8-9H2,1-4H3,(H,19,20,22);5-7H,1-4H3,(H2,14,16);3H,1-2H2;1H3;1H4;. The molecule has 4 fully saturated rings. The molecule has 14 nitrogen and oxygen atoms in total. The van der Waals surface area contributed by atoms with Crippen LogP contribution in [0.4, 0.5) is 11.9 Å². The predicted octanol–water partition coefficient (Wildman–Crippen LogP) is 4.83. The maximum absolute atomic E-state index is 11.9. The number of nitrogen functional groups attached to an aromatic ring is 1. The van der Waals surface area contributed by atoms with E-state index in [9.17, 15) is 9.59 Å². The summed E-state index contributed by atoms with van der Waals surface area (Å²) in [4.78, 5) is 32.4. The van der Waals surface area contributed by atoms with Crippen LogP contribution in [0.1, 0.15) is 88.5 Å².